The van der Waals surface area contributed by atoms with E-state index in [1.807, 2.05) is 18.2 Å². The Balaban J connectivity index is 2.95. The number of furan rings is 1. The minimum absolute atomic E-state index is 0.863. The average Bonchev–Trinajstić information content (AvgIpc) is 2.36. The molecule has 1 radical (unpaired) electrons. The van der Waals surface area contributed by atoms with E-state index in [0.29, 0.717) is 0 Å². The van der Waals surface area contributed by atoms with E-state index in [0.717, 1.165) is 15.4 Å². The third-order valence-corrected chi connectivity index (χ3v) is 1.98. The second-order valence-electron chi connectivity index (χ2n) is 2.00. The summed E-state index contributed by atoms with van der Waals surface area (Å²) in [7, 11) is 0. The smallest absolute Gasteiger partial charge is 0.148 e. The van der Waals surface area contributed by atoms with Gasteiger partial charge in [-0.2, -0.15) is 0 Å². The molecule has 1 nitrogen and oxygen atoms in total. The highest BCUT2D eigenvalue weighted by molar-refractivity contribution is 9.10. The van der Waals surface area contributed by atoms with Crippen LogP contribution in [-0.4, -0.2) is 0 Å². The van der Waals surface area contributed by atoms with Crippen LogP contribution in [0.15, 0.2) is 33.4 Å². The molecule has 0 atom stereocenters. The Morgan fingerprint density at radius 3 is 3.10 bits per heavy atom. The van der Waals surface area contributed by atoms with Crippen molar-refractivity contribution in [2.24, 2.45) is 0 Å². The highest BCUT2D eigenvalue weighted by atomic mass is 79.9. The van der Waals surface area contributed by atoms with Gasteiger partial charge in [0.2, 0.25) is 0 Å². The van der Waals surface area contributed by atoms with Crippen molar-refractivity contribution in [2.75, 3.05) is 0 Å². The zero-order valence-electron chi connectivity index (χ0n) is 5.10. The molecule has 2 aromatic rings. The number of fused-ring (bicyclic) bond motifs is 1. The molecule has 10 heavy (non-hydrogen) atoms. The van der Waals surface area contributed by atoms with Crippen LogP contribution in [0, 0.1) is 6.07 Å². The Hall–Kier alpha value is -0.760. The van der Waals surface area contributed by atoms with Crippen molar-refractivity contribution in [1.29, 1.82) is 0 Å². The Labute approximate surface area is 66.8 Å². The van der Waals surface area contributed by atoms with Crippen molar-refractivity contribution in [3.05, 3.63) is 35.0 Å². The summed E-state index contributed by atoms with van der Waals surface area (Å²) in [6.07, 6.45) is 1.56. The van der Waals surface area contributed by atoms with Gasteiger partial charge in [-0.15, -0.1) is 0 Å². The molecule has 0 aliphatic heterocycles. The van der Waals surface area contributed by atoms with Crippen molar-refractivity contribution in [3.8, 4) is 0 Å². The van der Waals surface area contributed by atoms with Crippen molar-refractivity contribution in [1.82, 2.24) is 0 Å². The lowest BCUT2D eigenvalue weighted by Gasteiger charge is -1.88. The normalized spacial score (nSPS) is 10.5. The van der Waals surface area contributed by atoms with E-state index in [9.17, 15) is 0 Å². The predicted molar refractivity (Wildman–Crippen MR) is 42.8 cm³/mol. The summed E-state index contributed by atoms with van der Waals surface area (Å²) in [4.78, 5) is 0. The zero-order chi connectivity index (χ0) is 6.97. The van der Waals surface area contributed by atoms with Crippen LogP contribution >= 0.6 is 15.9 Å². The fourth-order valence-corrected chi connectivity index (χ4v) is 1.35. The first-order valence-electron chi connectivity index (χ1n) is 2.91. The van der Waals surface area contributed by atoms with Gasteiger partial charge in [0.1, 0.15) is 5.58 Å². The molecule has 1 aromatic heterocycles. The molecule has 0 aliphatic carbocycles. The third-order valence-electron chi connectivity index (χ3n) is 1.36. The van der Waals surface area contributed by atoms with Gasteiger partial charge in [0.25, 0.3) is 0 Å². The van der Waals surface area contributed by atoms with Gasteiger partial charge < -0.3 is 4.42 Å². The van der Waals surface area contributed by atoms with E-state index in [1.165, 1.54) is 0 Å². The predicted octanol–water partition coefficient (Wildman–Crippen LogP) is 3.00. The molecule has 0 spiro atoms. The van der Waals surface area contributed by atoms with Crippen LogP contribution < -0.4 is 0 Å². The fraction of sp³-hybridized carbons (Fsp3) is 0. The quantitative estimate of drug-likeness (QED) is 0.631. The average molecular weight is 196 g/mol. The molecule has 0 saturated heterocycles. The molecule has 1 aromatic carbocycles. The molecular weight excluding hydrogens is 192 g/mol. The molecule has 1 heterocycles. The summed E-state index contributed by atoms with van der Waals surface area (Å²) >= 11 is 3.36. The number of hydrogen-bond acceptors (Lipinski definition) is 1. The molecular formula is C8H4BrO. The van der Waals surface area contributed by atoms with Crippen LogP contribution in [0.4, 0.5) is 0 Å². The van der Waals surface area contributed by atoms with Gasteiger partial charge in [0.05, 0.1) is 10.7 Å². The summed E-state index contributed by atoms with van der Waals surface area (Å²) < 4.78 is 6.12. The van der Waals surface area contributed by atoms with E-state index in [-0.39, 0.29) is 0 Å². The lowest BCUT2D eigenvalue weighted by atomic mass is 10.3. The number of hydrogen-bond donors (Lipinski definition) is 0. The van der Waals surface area contributed by atoms with Crippen LogP contribution in [0.2, 0.25) is 0 Å². The van der Waals surface area contributed by atoms with Crippen LogP contribution in [0.25, 0.3) is 11.0 Å². The van der Waals surface area contributed by atoms with Gasteiger partial charge in [0, 0.05) is 11.5 Å². The van der Waals surface area contributed by atoms with Gasteiger partial charge in [-0.05, 0) is 22.0 Å². The summed E-state index contributed by atoms with van der Waals surface area (Å²) in [6.45, 7) is 0. The molecule has 0 N–H and O–H groups in total. The Kier molecular flexibility index (Phi) is 1.27. The first-order valence-corrected chi connectivity index (χ1v) is 3.70. The molecule has 0 amide bonds. The molecule has 2 heteroatoms. The van der Waals surface area contributed by atoms with Crippen LogP contribution in [0.5, 0.6) is 0 Å². The van der Waals surface area contributed by atoms with E-state index >= 15 is 0 Å². The number of para-hydroxylation sites is 1. The zero-order valence-corrected chi connectivity index (χ0v) is 6.68. The maximum atomic E-state index is 5.15. The highest BCUT2D eigenvalue weighted by Crippen LogP contribution is 2.23. The minimum Gasteiger partial charge on any atom is -0.462 e. The fourth-order valence-electron chi connectivity index (χ4n) is 0.894. The van der Waals surface area contributed by atoms with Crippen molar-refractivity contribution < 1.29 is 4.42 Å². The Morgan fingerprint density at radius 2 is 2.30 bits per heavy atom. The second-order valence-corrected chi connectivity index (χ2v) is 2.85. The van der Waals surface area contributed by atoms with E-state index in [4.69, 9.17) is 4.42 Å². The molecule has 0 aliphatic rings. The largest absolute Gasteiger partial charge is 0.462 e. The van der Waals surface area contributed by atoms with Gasteiger partial charge >= 0.3 is 0 Å². The molecule has 0 bridgehead atoms. The molecule has 0 saturated carbocycles. The second kappa shape index (κ2) is 2.13. The summed E-state index contributed by atoms with van der Waals surface area (Å²) in [6, 6.07) is 8.83. The summed E-state index contributed by atoms with van der Waals surface area (Å²) in [5.74, 6) is 0. The van der Waals surface area contributed by atoms with Crippen LogP contribution in [-0.2, 0) is 0 Å². The van der Waals surface area contributed by atoms with Gasteiger partial charge in [-0.3, -0.25) is 0 Å². The van der Waals surface area contributed by atoms with E-state index in [1.54, 1.807) is 6.26 Å². The topological polar surface area (TPSA) is 13.1 Å². The SMILES string of the molecule is Brc1cccc2[c]coc12. The van der Waals surface area contributed by atoms with Crippen LogP contribution in [0.1, 0.15) is 0 Å². The van der Waals surface area contributed by atoms with Gasteiger partial charge in [-0.1, -0.05) is 12.1 Å². The monoisotopic (exact) mass is 195 g/mol. The van der Waals surface area contributed by atoms with Crippen molar-refractivity contribution in [2.45, 2.75) is 0 Å². The summed E-state index contributed by atoms with van der Waals surface area (Å²) in [5, 5.41) is 1.01. The maximum absolute atomic E-state index is 5.15. The lowest BCUT2D eigenvalue weighted by molar-refractivity contribution is 0.613. The molecule has 2 rings (SSSR count). The van der Waals surface area contributed by atoms with Crippen LogP contribution in [0.3, 0.4) is 0 Å². The Morgan fingerprint density at radius 1 is 1.40 bits per heavy atom. The standard InChI is InChI=1S/C8H4BrO/c9-7-3-1-2-6-4-5-10-8(6)7/h1-3,5H. The molecule has 49 valence electrons. The highest BCUT2D eigenvalue weighted by Gasteiger charge is 1.98. The van der Waals surface area contributed by atoms with Crippen molar-refractivity contribution in [3.63, 3.8) is 0 Å². The number of halogens is 1. The van der Waals surface area contributed by atoms with Gasteiger partial charge in [-0.25, -0.2) is 0 Å². The number of benzene rings is 1. The lowest BCUT2D eigenvalue weighted by Crippen LogP contribution is -1.64. The van der Waals surface area contributed by atoms with E-state index in [2.05, 4.69) is 22.0 Å². The third kappa shape index (κ3) is 0.762. The number of rotatable bonds is 0. The maximum Gasteiger partial charge on any atom is 0.148 e. The summed E-state index contributed by atoms with van der Waals surface area (Å²) in [5.41, 5.74) is 0.863. The molecule has 0 unspecified atom stereocenters. The van der Waals surface area contributed by atoms with Gasteiger partial charge in [0.15, 0.2) is 0 Å². The van der Waals surface area contributed by atoms with Crippen molar-refractivity contribution >= 4 is 26.9 Å². The first kappa shape index (κ1) is 5.98. The Bertz CT molecular complexity index is 351. The van der Waals surface area contributed by atoms with E-state index < -0.39 is 0 Å². The first-order chi connectivity index (χ1) is 4.88. The minimum atomic E-state index is 0.863. The molecule has 0 fully saturated rings.